The smallest absolute Gasteiger partial charge is 0.331 e. The number of nitrogens with zero attached hydrogens (tertiary/aromatic N) is 4. The average Bonchev–Trinajstić information content (AvgIpc) is 3.08. The molecule has 2 aromatic rings. The van der Waals surface area contributed by atoms with Crippen LogP contribution in [0.2, 0.25) is 5.28 Å². The SMILES string of the molecule is CCOP(=O)(C[C@@]12C[C@@H]1[C@@H](n1cnc3c(N)nc(Cl)nc31)[C@H](O)[C@@H]2O)OCC. The zero-order chi connectivity index (χ0) is 20.3. The highest BCUT2D eigenvalue weighted by Gasteiger charge is 2.73. The lowest BCUT2D eigenvalue weighted by atomic mass is 10.0. The van der Waals surface area contributed by atoms with Crippen LogP contribution in [-0.4, -0.2) is 61.3 Å². The Kier molecular flexibility index (Phi) is 4.93. The van der Waals surface area contributed by atoms with Crippen LogP contribution in [-0.2, 0) is 13.6 Å². The molecule has 12 heteroatoms. The van der Waals surface area contributed by atoms with Gasteiger partial charge in [0.05, 0.1) is 37.8 Å². The van der Waals surface area contributed by atoms with Crippen LogP contribution in [0, 0.1) is 11.3 Å². The molecule has 2 heterocycles. The van der Waals surface area contributed by atoms with Gasteiger partial charge in [-0.05, 0) is 37.8 Å². The molecule has 5 atom stereocenters. The van der Waals surface area contributed by atoms with E-state index in [0.717, 1.165) is 0 Å². The second-order valence-electron chi connectivity index (χ2n) is 7.28. The summed E-state index contributed by atoms with van der Waals surface area (Å²) >= 11 is 5.93. The van der Waals surface area contributed by atoms with Crippen LogP contribution >= 0.6 is 19.2 Å². The highest BCUT2D eigenvalue weighted by Crippen LogP contribution is 2.73. The zero-order valence-electron chi connectivity index (χ0n) is 15.5. The summed E-state index contributed by atoms with van der Waals surface area (Å²) < 4.78 is 25.5. The normalized spacial score (nSPS) is 32.0. The van der Waals surface area contributed by atoms with Crippen molar-refractivity contribution in [3.8, 4) is 0 Å². The van der Waals surface area contributed by atoms with Crippen LogP contribution < -0.4 is 5.73 Å². The van der Waals surface area contributed by atoms with E-state index in [1.54, 1.807) is 18.4 Å². The second kappa shape index (κ2) is 6.90. The first-order valence-corrected chi connectivity index (χ1v) is 11.3. The third-order valence-corrected chi connectivity index (χ3v) is 8.18. The van der Waals surface area contributed by atoms with Crippen LogP contribution in [0.25, 0.3) is 11.2 Å². The van der Waals surface area contributed by atoms with Gasteiger partial charge >= 0.3 is 7.60 Å². The molecule has 2 aromatic heterocycles. The standard InChI is InChI=1S/C16H23ClN5O5P/c1-3-26-28(25,27-4-2)6-16-5-8(16)10(11(23)12(16)24)22-7-19-9-13(18)20-15(17)21-14(9)22/h7-8,10-12,23-24H,3-6H2,1-2H3,(H2,18,20,21)/t8-,10-,11+,12+,16+/m1/s1. The zero-order valence-corrected chi connectivity index (χ0v) is 17.2. The van der Waals surface area contributed by atoms with E-state index in [2.05, 4.69) is 15.0 Å². The molecular formula is C16H23ClN5O5P. The summed E-state index contributed by atoms with van der Waals surface area (Å²) in [5.74, 6) is 0.000130. The Morgan fingerprint density at radius 2 is 2.04 bits per heavy atom. The molecule has 0 amide bonds. The first-order chi connectivity index (χ1) is 13.3. The molecule has 0 saturated heterocycles. The Morgan fingerprint density at radius 1 is 1.36 bits per heavy atom. The molecule has 4 rings (SSSR count). The molecule has 0 unspecified atom stereocenters. The first-order valence-electron chi connectivity index (χ1n) is 9.16. The van der Waals surface area contributed by atoms with Gasteiger partial charge in [0.1, 0.15) is 11.6 Å². The van der Waals surface area contributed by atoms with Crippen LogP contribution in [0.5, 0.6) is 0 Å². The summed E-state index contributed by atoms with van der Waals surface area (Å²) in [5.41, 5.74) is 5.87. The number of hydrogen-bond donors (Lipinski definition) is 3. The molecule has 0 aliphatic heterocycles. The van der Waals surface area contributed by atoms with Gasteiger partial charge in [0.15, 0.2) is 11.5 Å². The largest absolute Gasteiger partial charge is 0.390 e. The van der Waals surface area contributed by atoms with Gasteiger partial charge in [0.25, 0.3) is 0 Å². The molecule has 10 nitrogen and oxygen atoms in total. The number of aliphatic hydroxyl groups excluding tert-OH is 2. The molecular weight excluding hydrogens is 409 g/mol. The van der Waals surface area contributed by atoms with Gasteiger partial charge in [-0.25, -0.2) is 4.98 Å². The third-order valence-electron chi connectivity index (χ3n) is 5.73. The fraction of sp³-hybridized carbons (Fsp3) is 0.688. The Morgan fingerprint density at radius 3 is 2.68 bits per heavy atom. The molecule has 0 spiro atoms. The van der Waals surface area contributed by atoms with Gasteiger partial charge in [-0.15, -0.1) is 0 Å². The predicted octanol–water partition coefficient (Wildman–Crippen LogP) is 1.61. The summed E-state index contributed by atoms with van der Waals surface area (Å²) in [7, 11) is -3.39. The van der Waals surface area contributed by atoms with Crippen LogP contribution in [0.4, 0.5) is 5.82 Å². The van der Waals surface area contributed by atoms with E-state index in [4.69, 9.17) is 26.4 Å². The number of aromatic nitrogens is 4. The van der Waals surface area contributed by atoms with Crippen molar-refractivity contribution in [3.63, 3.8) is 0 Å². The Balaban J connectivity index is 1.69. The molecule has 0 radical (unpaired) electrons. The van der Waals surface area contributed by atoms with Crippen molar-refractivity contribution >= 4 is 36.2 Å². The summed E-state index contributed by atoms with van der Waals surface area (Å²) in [4.78, 5) is 12.3. The monoisotopic (exact) mass is 431 g/mol. The van der Waals surface area contributed by atoms with E-state index in [1.165, 1.54) is 6.33 Å². The minimum Gasteiger partial charge on any atom is -0.390 e. The van der Waals surface area contributed by atoms with Gasteiger partial charge in [0.2, 0.25) is 5.28 Å². The van der Waals surface area contributed by atoms with Gasteiger partial charge in [-0.3, -0.25) is 4.57 Å². The van der Waals surface area contributed by atoms with Gasteiger partial charge < -0.3 is 29.6 Å². The van der Waals surface area contributed by atoms with Crippen LogP contribution in [0.1, 0.15) is 26.3 Å². The number of anilines is 1. The molecule has 2 saturated carbocycles. The van der Waals surface area contributed by atoms with Crippen molar-refractivity contribution in [2.75, 3.05) is 25.1 Å². The van der Waals surface area contributed by atoms with Crippen LogP contribution in [0.3, 0.4) is 0 Å². The van der Waals surface area contributed by atoms with Gasteiger partial charge in [-0.1, -0.05) is 0 Å². The van der Waals surface area contributed by atoms with Gasteiger partial charge in [-0.2, -0.15) is 9.97 Å². The fourth-order valence-corrected chi connectivity index (χ4v) is 7.05. The third kappa shape index (κ3) is 2.94. The molecule has 154 valence electrons. The maximum absolute atomic E-state index is 13.0. The van der Waals surface area contributed by atoms with Crippen LogP contribution in [0.15, 0.2) is 6.33 Å². The topological polar surface area (TPSA) is 146 Å². The highest BCUT2D eigenvalue weighted by atomic mass is 35.5. The van der Waals surface area contributed by atoms with E-state index in [1.807, 2.05) is 0 Å². The van der Waals surface area contributed by atoms with Crippen molar-refractivity contribution in [1.29, 1.82) is 0 Å². The van der Waals surface area contributed by atoms with Crippen molar-refractivity contribution in [1.82, 2.24) is 19.5 Å². The Labute approximate surface area is 166 Å². The molecule has 0 aromatic carbocycles. The number of halogens is 1. The maximum Gasteiger partial charge on any atom is 0.331 e. The second-order valence-corrected chi connectivity index (χ2v) is 9.67. The number of aliphatic hydroxyl groups is 2. The van der Waals surface area contributed by atoms with E-state index < -0.39 is 31.3 Å². The van der Waals surface area contributed by atoms with Crippen molar-refractivity contribution in [2.24, 2.45) is 11.3 Å². The average molecular weight is 432 g/mol. The molecule has 2 aliphatic rings. The van der Waals surface area contributed by atoms with Crippen molar-refractivity contribution in [2.45, 2.75) is 38.5 Å². The van der Waals surface area contributed by atoms with E-state index >= 15 is 0 Å². The summed E-state index contributed by atoms with van der Waals surface area (Å²) in [5, 5.41) is 21.6. The molecule has 2 aliphatic carbocycles. The number of fused-ring (bicyclic) bond motifs is 2. The lowest BCUT2D eigenvalue weighted by Crippen LogP contribution is -2.35. The first kappa shape index (κ1) is 20.0. The van der Waals surface area contributed by atoms with Crippen molar-refractivity contribution < 1.29 is 23.8 Å². The number of rotatable bonds is 7. The highest BCUT2D eigenvalue weighted by molar-refractivity contribution is 7.53. The molecule has 0 bridgehead atoms. The lowest BCUT2D eigenvalue weighted by molar-refractivity contribution is -0.0141. The van der Waals surface area contributed by atoms with E-state index in [0.29, 0.717) is 17.6 Å². The fourth-order valence-electron chi connectivity index (χ4n) is 4.56. The van der Waals surface area contributed by atoms with E-state index in [-0.39, 0.29) is 36.4 Å². The number of nitrogens with two attached hydrogens (primary N) is 1. The Bertz CT molecular complexity index is 947. The number of nitrogen functional groups attached to an aromatic ring is 1. The van der Waals surface area contributed by atoms with E-state index in [9.17, 15) is 14.8 Å². The number of imidazole rings is 1. The summed E-state index contributed by atoms with van der Waals surface area (Å²) in [6.45, 7) is 3.95. The summed E-state index contributed by atoms with van der Waals surface area (Å²) in [6, 6.07) is -0.512. The molecule has 4 N–H and O–H groups in total. The minimum absolute atomic E-state index is 0.0287. The Hall–Kier alpha value is -1.29. The summed E-state index contributed by atoms with van der Waals surface area (Å²) in [6.07, 6.45) is -0.0441. The maximum atomic E-state index is 13.0. The lowest BCUT2D eigenvalue weighted by Gasteiger charge is -2.26. The molecule has 2 fully saturated rings. The quantitative estimate of drug-likeness (QED) is 0.439. The molecule has 28 heavy (non-hydrogen) atoms. The van der Waals surface area contributed by atoms with Gasteiger partial charge in [0, 0.05) is 5.41 Å². The number of hydrogen-bond acceptors (Lipinski definition) is 9. The van der Waals surface area contributed by atoms with Crippen molar-refractivity contribution in [3.05, 3.63) is 11.6 Å². The minimum atomic E-state index is -3.39. The predicted molar refractivity (Wildman–Crippen MR) is 102 cm³/mol.